The summed E-state index contributed by atoms with van der Waals surface area (Å²) in [5.74, 6) is -0.681. The van der Waals surface area contributed by atoms with Gasteiger partial charge in [-0.05, 0) is 26.3 Å². The van der Waals surface area contributed by atoms with E-state index < -0.39 is 10.5 Å². The zero-order valence-corrected chi connectivity index (χ0v) is 13.0. The minimum atomic E-state index is -5.16. The zero-order chi connectivity index (χ0) is 16.3. The Balaban J connectivity index is 2.25. The number of hydrogen-bond donors (Lipinski definition) is 0. The maximum atomic E-state index is 12.6. The van der Waals surface area contributed by atoms with Gasteiger partial charge in [0.2, 0.25) is 0 Å². The molecule has 1 aromatic heterocycles. The van der Waals surface area contributed by atoms with Crippen LogP contribution in [0.25, 0.3) is 0 Å². The second-order valence-electron chi connectivity index (χ2n) is 5.21. The molecule has 0 aliphatic carbocycles. The van der Waals surface area contributed by atoms with Gasteiger partial charge in [0.25, 0.3) is 5.91 Å². The number of aromatic nitrogens is 1. The van der Waals surface area contributed by atoms with Gasteiger partial charge in [-0.15, -0.1) is 0 Å². The van der Waals surface area contributed by atoms with Gasteiger partial charge >= 0.3 is 10.5 Å². The Morgan fingerprint density at radius 3 is 2.77 bits per heavy atom. The monoisotopic (exact) mass is 332 g/mol. The van der Waals surface area contributed by atoms with Crippen LogP contribution < -0.4 is 4.18 Å². The molecule has 0 spiro atoms. The summed E-state index contributed by atoms with van der Waals surface area (Å²) >= 11 is 0. The Hall–Kier alpha value is -1.74. The van der Waals surface area contributed by atoms with Crippen molar-refractivity contribution in [3.8, 4) is 5.75 Å². The van der Waals surface area contributed by atoms with Gasteiger partial charge in [-0.1, -0.05) is 3.89 Å². The molecule has 1 aromatic rings. The molecule has 1 fully saturated rings. The zero-order valence-electron chi connectivity index (χ0n) is 12.2. The van der Waals surface area contributed by atoms with Gasteiger partial charge in [-0.3, -0.25) is 9.78 Å². The maximum absolute atomic E-state index is 12.6. The molecule has 2 heterocycles. The molecule has 1 saturated heterocycles. The highest BCUT2D eigenvalue weighted by atomic mass is 32.3. The molecule has 122 valence electrons. The number of hydrogen-bond acceptors (Lipinski definition) is 6. The molecule has 2 rings (SSSR count). The van der Waals surface area contributed by atoms with Crippen LogP contribution >= 0.6 is 0 Å². The number of carbonyl (C=O) groups excluding carboxylic acids is 1. The van der Waals surface area contributed by atoms with Crippen LogP contribution in [0.15, 0.2) is 18.5 Å². The van der Waals surface area contributed by atoms with Crippen molar-refractivity contribution in [2.75, 3.05) is 13.2 Å². The lowest BCUT2D eigenvalue weighted by Crippen LogP contribution is -2.45. The normalized spacial score (nSPS) is 18.5. The molecule has 1 unspecified atom stereocenters. The molecule has 0 radical (unpaired) electrons. The van der Waals surface area contributed by atoms with Gasteiger partial charge in [0, 0.05) is 18.8 Å². The second kappa shape index (κ2) is 6.57. The van der Waals surface area contributed by atoms with Gasteiger partial charge in [-0.2, -0.15) is 8.42 Å². The van der Waals surface area contributed by atoms with E-state index in [0.29, 0.717) is 13.2 Å². The Kier molecular flexibility index (Phi) is 4.97. The highest BCUT2D eigenvalue weighted by Crippen LogP contribution is 2.21. The van der Waals surface area contributed by atoms with E-state index in [2.05, 4.69) is 9.17 Å². The molecule has 1 aliphatic rings. The lowest BCUT2D eigenvalue weighted by atomic mass is 10.1. The Morgan fingerprint density at radius 1 is 1.50 bits per heavy atom. The average molecular weight is 332 g/mol. The summed E-state index contributed by atoms with van der Waals surface area (Å²) in [6.07, 6.45) is 3.03. The number of ether oxygens (including phenoxy) is 1. The minimum Gasteiger partial charge on any atom is -0.379 e. The van der Waals surface area contributed by atoms with E-state index >= 15 is 0 Å². The van der Waals surface area contributed by atoms with Crippen molar-refractivity contribution in [2.24, 2.45) is 0 Å². The van der Waals surface area contributed by atoms with Crippen LogP contribution in [0.5, 0.6) is 5.75 Å². The lowest BCUT2D eigenvalue weighted by Gasteiger charge is -2.31. The molecule has 0 saturated carbocycles. The highest BCUT2D eigenvalue weighted by molar-refractivity contribution is 7.81. The van der Waals surface area contributed by atoms with Crippen LogP contribution in [0.4, 0.5) is 3.89 Å². The third-order valence-electron chi connectivity index (χ3n) is 3.25. The fourth-order valence-corrected chi connectivity index (χ4v) is 2.73. The Bertz CT molecular complexity index is 644. The first-order chi connectivity index (χ1) is 10.3. The van der Waals surface area contributed by atoms with Crippen LogP contribution in [0, 0.1) is 0 Å². The van der Waals surface area contributed by atoms with Gasteiger partial charge in [0.1, 0.15) is 0 Å². The number of halogens is 1. The quantitative estimate of drug-likeness (QED) is 0.756. The molecule has 9 heteroatoms. The summed E-state index contributed by atoms with van der Waals surface area (Å²) < 4.78 is 43.0. The van der Waals surface area contributed by atoms with Crippen LogP contribution in [0.1, 0.15) is 30.6 Å². The standard InChI is InChI=1S/C13H17FN2O5S/c1-9(2)16(11-3-4-20-8-11)13(17)10-5-12(7-15-6-10)21-22(14,18)19/h5-7,9,11H,3-4,8H2,1-2H3. The summed E-state index contributed by atoms with van der Waals surface area (Å²) in [7, 11) is -5.16. The largest absolute Gasteiger partial charge is 0.488 e. The predicted octanol–water partition coefficient (Wildman–Crippen LogP) is 1.31. The molecule has 0 aromatic carbocycles. The van der Waals surface area contributed by atoms with Crippen molar-refractivity contribution in [3.63, 3.8) is 0 Å². The number of nitrogens with zero attached hydrogens (tertiary/aromatic N) is 2. The van der Waals surface area contributed by atoms with Crippen molar-refractivity contribution in [1.29, 1.82) is 0 Å². The fourth-order valence-electron chi connectivity index (χ4n) is 2.41. The first kappa shape index (κ1) is 16.6. The molecule has 22 heavy (non-hydrogen) atoms. The third kappa shape index (κ3) is 4.14. The fraction of sp³-hybridized carbons (Fsp3) is 0.538. The summed E-state index contributed by atoms with van der Waals surface area (Å²) in [5, 5.41) is 0. The molecular formula is C13H17FN2O5S. The van der Waals surface area contributed by atoms with Crippen molar-refractivity contribution in [3.05, 3.63) is 24.0 Å². The van der Waals surface area contributed by atoms with Crippen LogP contribution in [0.3, 0.4) is 0 Å². The molecule has 1 atom stereocenters. The molecule has 1 amide bonds. The Morgan fingerprint density at radius 2 is 2.23 bits per heavy atom. The van der Waals surface area contributed by atoms with Crippen LogP contribution in [-0.2, 0) is 15.2 Å². The van der Waals surface area contributed by atoms with Crippen molar-refractivity contribution in [2.45, 2.75) is 32.4 Å². The summed E-state index contributed by atoms with van der Waals surface area (Å²) in [6.45, 7) is 4.78. The minimum absolute atomic E-state index is 0.0537. The van der Waals surface area contributed by atoms with Gasteiger partial charge < -0.3 is 13.8 Å². The number of amides is 1. The van der Waals surface area contributed by atoms with E-state index in [9.17, 15) is 17.1 Å². The molecular weight excluding hydrogens is 315 g/mol. The molecule has 0 N–H and O–H groups in total. The number of carbonyl (C=O) groups is 1. The average Bonchev–Trinajstić information content (AvgIpc) is 2.90. The summed E-state index contributed by atoms with van der Waals surface area (Å²) in [5.41, 5.74) is 0.127. The topological polar surface area (TPSA) is 85.8 Å². The summed E-state index contributed by atoms with van der Waals surface area (Å²) in [6, 6.07) is 1.02. The summed E-state index contributed by atoms with van der Waals surface area (Å²) in [4.78, 5) is 18.0. The van der Waals surface area contributed by atoms with Gasteiger partial charge in [0.05, 0.1) is 24.4 Å². The second-order valence-corrected chi connectivity index (χ2v) is 6.16. The first-order valence-corrected chi connectivity index (χ1v) is 8.08. The van der Waals surface area contributed by atoms with E-state index in [4.69, 9.17) is 4.74 Å². The maximum Gasteiger partial charge on any atom is 0.488 e. The van der Waals surface area contributed by atoms with E-state index in [1.165, 1.54) is 6.20 Å². The van der Waals surface area contributed by atoms with E-state index in [-0.39, 0.29) is 29.3 Å². The van der Waals surface area contributed by atoms with Gasteiger partial charge in [-0.25, -0.2) is 0 Å². The molecule has 1 aliphatic heterocycles. The predicted molar refractivity (Wildman–Crippen MR) is 75.4 cm³/mol. The van der Waals surface area contributed by atoms with Gasteiger partial charge in [0.15, 0.2) is 5.75 Å². The smallest absolute Gasteiger partial charge is 0.379 e. The first-order valence-electron chi connectivity index (χ1n) is 6.77. The number of rotatable bonds is 5. The van der Waals surface area contributed by atoms with Crippen molar-refractivity contribution in [1.82, 2.24) is 9.88 Å². The van der Waals surface area contributed by atoms with E-state index in [1.807, 2.05) is 13.8 Å². The highest BCUT2D eigenvalue weighted by Gasteiger charge is 2.30. The van der Waals surface area contributed by atoms with Crippen molar-refractivity contribution >= 4 is 16.4 Å². The van der Waals surface area contributed by atoms with Crippen LogP contribution in [-0.4, -0.2) is 49.5 Å². The number of pyridine rings is 1. The van der Waals surface area contributed by atoms with E-state index in [1.54, 1.807) is 4.90 Å². The van der Waals surface area contributed by atoms with Crippen LogP contribution in [0.2, 0.25) is 0 Å². The molecule has 0 bridgehead atoms. The third-order valence-corrected chi connectivity index (χ3v) is 3.64. The SMILES string of the molecule is CC(C)N(C(=O)c1cncc(OS(=O)(=O)F)c1)C1CCOC1. The van der Waals surface area contributed by atoms with E-state index in [0.717, 1.165) is 18.7 Å². The van der Waals surface area contributed by atoms with Crippen molar-refractivity contribution < 1.29 is 26.0 Å². The Labute approximate surface area is 128 Å². The lowest BCUT2D eigenvalue weighted by molar-refractivity contribution is 0.0580. The molecule has 7 nitrogen and oxygen atoms in total.